The molecule has 8 heteroatoms. The van der Waals surface area contributed by atoms with E-state index in [1.165, 1.54) is 5.38 Å². The van der Waals surface area contributed by atoms with Crippen molar-refractivity contribution in [3.05, 3.63) is 27.1 Å². The maximum absolute atomic E-state index is 11.7. The SMILES string of the molecule is CCOC(=O)c1nc2scc(C(=O)O)c2c(=O)[nH]1. The smallest absolute Gasteiger partial charge is 0.374 e. The second-order valence-corrected chi connectivity index (χ2v) is 4.13. The maximum atomic E-state index is 11.7. The van der Waals surface area contributed by atoms with Crippen LogP contribution < -0.4 is 5.56 Å². The number of ether oxygens (including phenoxy) is 1. The monoisotopic (exact) mass is 268 g/mol. The Morgan fingerprint density at radius 2 is 2.28 bits per heavy atom. The highest BCUT2D eigenvalue weighted by atomic mass is 32.1. The number of nitrogens with one attached hydrogen (secondary N) is 1. The first-order valence-electron chi connectivity index (χ1n) is 4.96. The molecule has 0 aromatic carbocycles. The van der Waals surface area contributed by atoms with E-state index in [4.69, 9.17) is 9.84 Å². The Labute approximate surface area is 104 Å². The number of hydrogen-bond donors (Lipinski definition) is 2. The summed E-state index contributed by atoms with van der Waals surface area (Å²) in [6.07, 6.45) is 0. The van der Waals surface area contributed by atoms with Gasteiger partial charge in [0.05, 0.1) is 17.6 Å². The Balaban J connectivity index is 2.62. The number of aromatic amines is 1. The number of nitrogens with zero attached hydrogens (tertiary/aromatic N) is 1. The zero-order chi connectivity index (χ0) is 13.3. The number of H-pyrrole nitrogens is 1. The van der Waals surface area contributed by atoms with E-state index >= 15 is 0 Å². The molecule has 2 rings (SSSR count). The number of aromatic carboxylic acids is 1. The Bertz CT molecular complexity index is 687. The summed E-state index contributed by atoms with van der Waals surface area (Å²) in [6.45, 7) is 1.79. The third-order valence-corrected chi connectivity index (χ3v) is 3.02. The molecule has 18 heavy (non-hydrogen) atoms. The van der Waals surface area contributed by atoms with Gasteiger partial charge in [0.15, 0.2) is 0 Å². The minimum atomic E-state index is -1.21. The molecule has 0 saturated heterocycles. The molecule has 0 amide bonds. The van der Waals surface area contributed by atoms with Crippen LogP contribution in [-0.4, -0.2) is 33.6 Å². The number of carboxylic acids is 1. The van der Waals surface area contributed by atoms with Crippen LogP contribution in [0.5, 0.6) is 0 Å². The molecule has 0 radical (unpaired) electrons. The second kappa shape index (κ2) is 4.57. The summed E-state index contributed by atoms with van der Waals surface area (Å²) in [5, 5.41) is 10.2. The van der Waals surface area contributed by atoms with Gasteiger partial charge in [0.2, 0.25) is 5.82 Å². The molecule has 0 aliphatic carbocycles. The van der Waals surface area contributed by atoms with Gasteiger partial charge in [-0.1, -0.05) is 0 Å². The first-order chi connectivity index (χ1) is 8.54. The minimum Gasteiger partial charge on any atom is -0.478 e. The highest BCUT2D eigenvalue weighted by Crippen LogP contribution is 2.20. The largest absolute Gasteiger partial charge is 0.478 e. The van der Waals surface area contributed by atoms with Crippen molar-refractivity contribution in [3.8, 4) is 0 Å². The van der Waals surface area contributed by atoms with Gasteiger partial charge in [-0.15, -0.1) is 11.3 Å². The quantitative estimate of drug-likeness (QED) is 0.799. The van der Waals surface area contributed by atoms with E-state index in [-0.39, 0.29) is 28.2 Å². The number of thiophene rings is 1. The highest BCUT2D eigenvalue weighted by molar-refractivity contribution is 7.17. The van der Waals surface area contributed by atoms with E-state index in [9.17, 15) is 14.4 Å². The van der Waals surface area contributed by atoms with Crippen LogP contribution in [0.4, 0.5) is 0 Å². The molecule has 0 unspecified atom stereocenters. The van der Waals surface area contributed by atoms with Crippen molar-refractivity contribution in [2.24, 2.45) is 0 Å². The lowest BCUT2D eigenvalue weighted by Gasteiger charge is -2.00. The molecule has 2 N–H and O–H groups in total. The first-order valence-corrected chi connectivity index (χ1v) is 5.84. The van der Waals surface area contributed by atoms with Gasteiger partial charge in [-0.05, 0) is 6.92 Å². The van der Waals surface area contributed by atoms with E-state index in [1.807, 2.05) is 0 Å². The van der Waals surface area contributed by atoms with Gasteiger partial charge in [0.25, 0.3) is 5.56 Å². The Morgan fingerprint density at radius 1 is 1.56 bits per heavy atom. The zero-order valence-electron chi connectivity index (χ0n) is 9.22. The topological polar surface area (TPSA) is 109 Å². The lowest BCUT2D eigenvalue weighted by Crippen LogP contribution is -2.18. The first kappa shape index (κ1) is 12.2. The van der Waals surface area contributed by atoms with Crippen molar-refractivity contribution < 1.29 is 19.4 Å². The van der Waals surface area contributed by atoms with Crippen LogP contribution in [0.15, 0.2) is 10.2 Å². The van der Waals surface area contributed by atoms with Gasteiger partial charge in [-0.2, -0.15) is 0 Å². The summed E-state index contributed by atoms with van der Waals surface area (Å²) in [4.78, 5) is 40.3. The van der Waals surface area contributed by atoms with Crippen LogP contribution in [-0.2, 0) is 4.74 Å². The van der Waals surface area contributed by atoms with Crippen molar-refractivity contribution in [2.45, 2.75) is 6.92 Å². The van der Waals surface area contributed by atoms with Crippen molar-refractivity contribution in [2.75, 3.05) is 6.61 Å². The predicted molar refractivity (Wildman–Crippen MR) is 63.2 cm³/mol. The van der Waals surface area contributed by atoms with Crippen LogP contribution in [0.25, 0.3) is 10.2 Å². The van der Waals surface area contributed by atoms with E-state index in [1.54, 1.807) is 6.92 Å². The van der Waals surface area contributed by atoms with Crippen molar-refractivity contribution >= 4 is 33.5 Å². The van der Waals surface area contributed by atoms with E-state index in [0.29, 0.717) is 0 Å². The van der Waals surface area contributed by atoms with Gasteiger partial charge in [-0.25, -0.2) is 14.6 Å². The highest BCUT2D eigenvalue weighted by Gasteiger charge is 2.18. The molecule has 0 saturated carbocycles. The van der Waals surface area contributed by atoms with Gasteiger partial charge in [0, 0.05) is 5.38 Å². The molecule has 7 nitrogen and oxygen atoms in total. The van der Waals surface area contributed by atoms with E-state index < -0.39 is 17.5 Å². The van der Waals surface area contributed by atoms with Gasteiger partial charge < -0.3 is 14.8 Å². The van der Waals surface area contributed by atoms with Crippen molar-refractivity contribution in [1.82, 2.24) is 9.97 Å². The second-order valence-electron chi connectivity index (χ2n) is 3.27. The lowest BCUT2D eigenvalue weighted by molar-refractivity contribution is 0.0512. The standard InChI is InChI=1S/C10H8N2O5S/c1-2-17-10(16)6-11-7(13)5-4(9(14)15)3-18-8(5)12-6/h3H,2H2,1H3,(H,14,15)(H,11,12,13). The molecule has 0 atom stereocenters. The summed E-state index contributed by atoms with van der Waals surface area (Å²) in [5.74, 6) is -2.19. The van der Waals surface area contributed by atoms with Crippen molar-refractivity contribution in [1.29, 1.82) is 0 Å². The molecule has 2 heterocycles. The van der Waals surface area contributed by atoms with Gasteiger partial charge in [-0.3, -0.25) is 4.79 Å². The molecule has 94 valence electrons. The third-order valence-electron chi connectivity index (χ3n) is 2.14. The Kier molecular flexibility index (Phi) is 3.11. The van der Waals surface area contributed by atoms with Crippen LogP contribution >= 0.6 is 11.3 Å². The van der Waals surface area contributed by atoms with Crippen LogP contribution in [0, 0.1) is 0 Å². The molecule has 0 aliphatic rings. The molecular formula is C10H8N2O5S. The molecule has 0 bridgehead atoms. The number of rotatable bonds is 3. The maximum Gasteiger partial charge on any atom is 0.374 e. The lowest BCUT2D eigenvalue weighted by atomic mass is 10.2. The number of aromatic nitrogens is 2. The van der Waals surface area contributed by atoms with Gasteiger partial charge in [0.1, 0.15) is 4.83 Å². The fourth-order valence-electron chi connectivity index (χ4n) is 1.40. The molecular weight excluding hydrogens is 260 g/mol. The summed E-state index contributed by atoms with van der Waals surface area (Å²) < 4.78 is 4.70. The predicted octanol–water partition coefficient (Wildman–Crippen LogP) is 0.859. The molecule has 0 fully saturated rings. The molecule has 2 aromatic rings. The van der Waals surface area contributed by atoms with Gasteiger partial charge >= 0.3 is 11.9 Å². The fourth-order valence-corrected chi connectivity index (χ4v) is 2.32. The summed E-state index contributed by atoms with van der Waals surface area (Å²) in [7, 11) is 0. The minimum absolute atomic E-state index is 0.0273. The van der Waals surface area contributed by atoms with Crippen LogP contribution in [0.2, 0.25) is 0 Å². The van der Waals surface area contributed by atoms with E-state index in [0.717, 1.165) is 11.3 Å². The van der Waals surface area contributed by atoms with Crippen LogP contribution in [0.3, 0.4) is 0 Å². The molecule has 2 aromatic heterocycles. The van der Waals surface area contributed by atoms with E-state index in [2.05, 4.69) is 9.97 Å². The summed E-state index contributed by atoms with van der Waals surface area (Å²) in [6, 6.07) is 0. The number of carbonyl (C=O) groups excluding carboxylic acids is 1. The average Bonchev–Trinajstić information content (AvgIpc) is 2.73. The number of carbonyl (C=O) groups is 2. The number of carboxylic acid groups (broad SMARTS) is 1. The number of fused-ring (bicyclic) bond motifs is 1. The Morgan fingerprint density at radius 3 is 2.89 bits per heavy atom. The molecule has 0 aliphatic heterocycles. The average molecular weight is 268 g/mol. The number of esters is 1. The fraction of sp³-hybridized carbons (Fsp3) is 0.200. The number of hydrogen-bond acceptors (Lipinski definition) is 6. The summed E-state index contributed by atoms with van der Waals surface area (Å²) in [5.41, 5.74) is -0.791. The third kappa shape index (κ3) is 1.97. The summed E-state index contributed by atoms with van der Waals surface area (Å²) >= 11 is 0.986. The molecule has 0 spiro atoms. The normalized spacial score (nSPS) is 10.5. The van der Waals surface area contributed by atoms with Crippen LogP contribution in [0.1, 0.15) is 27.9 Å². The Hall–Kier alpha value is -2.22. The zero-order valence-corrected chi connectivity index (χ0v) is 10.0. The van der Waals surface area contributed by atoms with Crippen molar-refractivity contribution in [3.63, 3.8) is 0 Å².